The average Bonchev–Trinajstić information content (AvgIpc) is 3.01. The van der Waals surface area contributed by atoms with Crippen LogP contribution >= 0.6 is 0 Å². The van der Waals surface area contributed by atoms with Gasteiger partial charge in [-0.15, -0.1) is 0 Å². The van der Waals surface area contributed by atoms with Crippen LogP contribution in [0.1, 0.15) is 11.1 Å². The van der Waals surface area contributed by atoms with Crippen molar-refractivity contribution in [2.75, 3.05) is 21.0 Å². The van der Waals surface area contributed by atoms with Crippen LogP contribution in [0.5, 0.6) is 28.7 Å². The lowest BCUT2D eigenvalue weighted by Crippen LogP contribution is -1.93. The van der Waals surface area contributed by atoms with Gasteiger partial charge < -0.3 is 24.1 Å². The van der Waals surface area contributed by atoms with Gasteiger partial charge in [0, 0.05) is 0 Å². The van der Waals surface area contributed by atoms with Crippen LogP contribution in [-0.2, 0) is 0 Å². The molecule has 0 spiro atoms. The van der Waals surface area contributed by atoms with Gasteiger partial charge in [-0.1, -0.05) is 18.2 Å². The van der Waals surface area contributed by atoms with Crippen molar-refractivity contribution in [3.63, 3.8) is 0 Å². The molecular weight excluding hydrogens is 284 g/mol. The second-order valence-electron chi connectivity index (χ2n) is 4.72. The van der Waals surface area contributed by atoms with Crippen molar-refractivity contribution in [3.8, 4) is 28.7 Å². The summed E-state index contributed by atoms with van der Waals surface area (Å²) in [6.07, 6.45) is 3.84. The number of phenolic OH excluding ortho intramolecular Hbond substituents is 1. The Bertz CT molecular complexity index is 721. The molecule has 5 nitrogen and oxygen atoms in total. The van der Waals surface area contributed by atoms with Gasteiger partial charge in [-0.05, 0) is 35.4 Å². The molecule has 0 unspecified atom stereocenters. The second-order valence-corrected chi connectivity index (χ2v) is 4.72. The van der Waals surface area contributed by atoms with E-state index in [-0.39, 0.29) is 12.5 Å². The number of hydrogen-bond donors (Lipinski definition) is 1. The van der Waals surface area contributed by atoms with E-state index >= 15 is 0 Å². The molecule has 1 aliphatic rings. The summed E-state index contributed by atoms with van der Waals surface area (Å²) >= 11 is 0. The Morgan fingerprint density at radius 3 is 2.45 bits per heavy atom. The van der Waals surface area contributed by atoms with E-state index in [0.29, 0.717) is 23.0 Å². The highest BCUT2D eigenvalue weighted by atomic mass is 16.7. The Labute approximate surface area is 128 Å². The molecule has 22 heavy (non-hydrogen) atoms. The molecule has 2 aromatic carbocycles. The van der Waals surface area contributed by atoms with Crippen LogP contribution < -0.4 is 18.9 Å². The predicted octanol–water partition coefficient (Wildman–Crippen LogP) is 3.31. The first kappa shape index (κ1) is 14.1. The first-order valence-corrected chi connectivity index (χ1v) is 6.74. The van der Waals surface area contributed by atoms with Crippen LogP contribution in [0.25, 0.3) is 12.2 Å². The van der Waals surface area contributed by atoms with Gasteiger partial charge >= 0.3 is 0 Å². The third-order valence-electron chi connectivity index (χ3n) is 3.35. The Morgan fingerprint density at radius 1 is 0.955 bits per heavy atom. The fourth-order valence-electron chi connectivity index (χ4n) is 2.24. The Hall–Kier alpha value is -2.82. The van der Waals surface area contributed by atoms with Crippen LogP contribution in [0.2, 0.25) is 0 Å². The predicted molar refractivity (Wildman–Crippen MR) is 82.7 cm³/mol. The summed E-state index contributed by atoms with van der Waals surface area (Å²) in [6.45, 7) is 0.202. The van der Waals surface area contributed by atoms with Crippen molar-refractivity contribution in [1.29, 1.82) is 0 Å². The average molecular weight is 300 g/mol. The molecule has 0 atom stereocenters. The fraction of sp³-hybridized carbons (Fsp3) is 0.176. The van der Waals surface area contributed by atoms with Gasteiger partial charge in [0.15, 0.2) is 23.0 Å². The second kappa shape index (κ2) is 5.89. The molecule has 2 aromatic rings. The molecule has 0 amide bonds. The van der Waals surface area contributed by atoms with E-state index in [1.54, 1.807) is 25.3 Å². The van der Waals surface area contributed by atoms with E-state index in [4.69, 9.17) is 18.9 Å². The summed E-state index contributed by atoms with van der Waals surface area (Å²) in [7, 11) is 3.11. The minimum atomic E-state index is 0.115. The molecule has 0 radical (unpaired) electrons. The molecule has 5 heteroatoms. The number of phenols is 1. The number of methoxy groups -OCH3 is 2. The largest absolute Gasteiger partial charge is 0.504 e. The van der Waals surface area contributed by atoms with Crippen molar-refractivity contribution in [3.05, 3.63) is 41.5 Å². The monoisotopic (exact) mass is 300 g/mol. The molecule has 0 bridgehead atoms. The lowest BCUT2D eigenvalue weighted by atomic mass is 10.1. The zero-order valence-corrected chi connectivity index (χ0v) is 12.3. The molecule has 3 rings (SSSR count). The molecule has 0 saturated carbocycles. The van der Waals surface area contributed by atoms with Crippen LogP contribution in [0.15, 0.2) is 30.3 Å². The van der Waals surface area contributed by atoms with Crippen molar-refractivity contribution in [2.24, 2.45) is 0 Å². The van der Waals surface area contributed by atoms with Crippen molar-refractivity contribution < 1.29 is 24.1 Å². The first-order valence-electron chi connectivity index (χ1n) is 6.74. The quantitative estimate of drug-likeness (QED) is 0.878. The van der Waals surface area contributed by atoms with Crippen molar-refractivity contribution >= 4 is 12.2 Å². The highest BCUT2D eigenvalue weighted by Crippen LogP contribution is 2.42. The number of benzene rings is 2. The SMILES string of the molecule is COc1cc(/C=C\c2cc(OC)c3c(c2)OCO3)ccc1O. The highest BCUT2D eigenvalue weighted by molar-refractivity contribution is 5.73. The Morgan fingerprint density at radius 2 is 1.68 bits per heavy atom. The number of rotatable bonds is 4. The van der Waals surface area contributed by atoms with Crippen molar-refractivity contribution in [1.82, 2.24) is 0 Å². The Kier molecular flexibility index (Phi) is 3.78. The van der Waals surface area contributed by atoms with Crippen LogP contribution in [-0.4, -0.2) is 26.1 Å². The van der Waals surface area contributed by atoms with E-state index < -0.39 is 0 Å². The van der Waals surface area contributed by atoms with E-state index in [1.807, 2.05) is 24.3 Å². The molecule has 1 N–H and O–H groups in total. The van der Waals surface area contributed by atoms with E-state index in [0.717, 1.165) is 11.1 Å². The lowest BCUT2D eigenvalue weighted by Gasteiger charge is -2.06. The highest BCUT2D eigenvalue weighted by Gasteiger charge is 2.19. The van der Waals surface area contributed by atoms with Gasteiger partial charge in [0.05, 0.1) is 14.2 Å². The van der Waals surface area contributed by atoms with Gasteiger partial charge in [-0.3, -0.25) is 0 Å². The molecular formula is C17H16O5. The number of ether oxygens (including phenoxy) is 4. The topological polar surface area (TPSA) is 57.2 Å². The summed E-state index contributed by atoms with van der Waals surface area (Å²) in [6, 6.07) is 8.92. The summed E-state index contributed by atoms with van der Waals surface area (Å²) in [5.74, 6) is 2.49. The Balaban J connectivity index is 1.90. The molecule has 1 aliphatic heterocycles. The third kappa shape index (κ3) is 2.65. The third-order valence-corrected chi connectivity index (χ3v) is 3.35. The summed E-state index contributed by atoms with van der Waals surface area (Å²) in [4.78, 5) is 0. The maximum Gasteiger partial charge on any atom is 0.231 e. The van der Waals surface area contributed by atoms with Crippen LogP contribution in [0.4, 0.5) is 0 Å². The summed E-state index contributed by atoms with van der Waals surface area (Å²) < 4.78 is 21.2. The maximum atomic E-state index is 9.60. The standard InChI is InChI=1S/C17H16O5/c1-19-14-7-11(5-6-13(14)18)3-4-12-8-15(20-2)17-16(9-12)21-10-22-17/h3-9,18H,10H2,1-2H3/b4-3-. The fourth-order valence-corrected chi connectivity index (χ4v) is 2.24. The summed E-state index contributed by atoms with van der Waals surface area (Å²) in [5.41, 5.74) is 1.83. The van der Waals surface area contributed by atoms with Gasteiger partial charge in [-0.2, -0.15) is 0 Å². The molecule has 0 aromatic heterocycles. The van der Waals surface area contributed by atoms with Gasteiger partial charge in [-0.25, -0.2) is 0 Å². The van der Waals surface area contributed by atoms with Gasteiger partial charge in [0.2, 0.25) is 12.5 Å². The van der Waals surface area contributed by atoms with Crippen LogP contribution in [0, 0.1) is 0 Å². The smallest absolute Gasteiger partial charge is 0.231 e. The van der Waals surface area contributed by atoms with Crippen LogP contribution in [0.3, 0.4) is 0 Å². The normalized spacial score (nSPS) is 12.6. The number of hydrogen-bond acceptors (Lipinski definition) is 5. The zero-order valence-electron chi connectivity index (χ0n) is 12.3. The van der Waals surface area contributed by atoms with Gasteiger partial charge in [0.1, 0.15) is 0 Å². The van der Waals surface area contributed by atoms with Gasteiger partial charge in [0.25, 0.3) is 0 Å². The lowest BCUT2D eigenvalue weighted by molar-refractivity contribution is 0.171. The molecule has 0 aliphatic carbocycles. The van der Waals surface area contributed by atoms with E-state index in [9.17, 15) is 5.11 Å². The van der Waals surface area contributed by atoms with E-state index in [2.05, 4.69) is 0 Å². The molecule has 0 saturated heterocycles. The zero-order chi connectivity index (χ0) is 15.5. The minimum Gasteiger partial charge on any atom is -0.504 e. The minimum absolute atomic E-state index is 0.115. The molecule has 1 heterocycles. The van der Waals surface area contributed by atoms with Crippen molar-refractivity contribution in [2.45, 2.75) is 0 Å². The number of aromatic hydroxyl groups is 1. The summed E-state index contributed by atoms with van der Waals surface area (Å²) in [5, 5.41) is 9.60. The maximum absolute atomic E-state index is 9.60. The molecule has 0 fully saturated rings. The first-order chi connectivity index (χ1) is 10.7. The number of fused-ring (bicyclic) bond motifs is 1. The van der Waals surface area contributed by atoms with E-state index in [1.165, 1.54) is 7.11 Å². The molecule has 114 valence electrons.